The Morgan fingerprint density at radius 1 is 1.33 bits per heavy atom. The van der Waals surface area contributed by atoms with E-state index in [2.05, 4.69) is 41.7 Å². The fourth-order valence-corrected chi connectivity index (χ4v) is 0. The van der Waals surface area contributed by atoms with E-state index >= 15 is 0 Å². The molecule has 0 aliphatic heterocycles. The molecular formula is C3H10IPSi. The van der Waals surface area contributed by atoms with Gasteiger partial charge < -0.3 is 0 Å². The van der Waals surface area contributed by atoms with E-state index in [0.717, 1.165) is 0 Å². The summed E-state index contributed by atoms with van der Waals surface area (Å²) in [6, 6.07) is 0. The highest BCUT2D eigenvalue weighted by molar-refractivity contribution is 14.2. The Kier molecular flexibility index (Phi) is 3.23. The van der Waals surface area contributed by atoms with E-state index in [0.29, 0.717) is 0 Å². The van der Waals surface area contributed by atoms with Gasteiger partial charge in [0.05, 0.1) is 7.74 Å². The molecule has 0 saturated heterocycles. The first-order valence-electron chi connectivity index (χ1n) is 1.94. The summed E-state index contributed by atoms with van der Waals surface area (Å²) in [6.07, 6.45) is 0. The lowest BCUT2D eigenvalue weighted by Crippen LogP contribution is -2.07. The van der Waals surface area contributed by atoms with Gasteiger partial charge in [-0.2, -0.15) is 0 Å². The number of rotatable bonds is 1. The molecule has 1 atom stereocenters. The van der Waals surface area contributed by atoms with E-state index < -0.39 is 7.74 Å². The van der Waals surface area contributed by atoms with Crippen molar-refractivity contribution in [2.75, 3.05) is 0 Å². The van der Waals surface area contributed by atoms with Crippen LogP contribution in [-0.4, -0.2) is 7.74 Å². The fourth-order valence-electron chi connectivity index (χ4n) is 0. The van der Waals surface area contributed by atoms with E-state index in [1.807, 2.05) is 0 Å². The van der Waals surface area contributed by atoms with Crippen molar-refractivity contribution in [3.8, 4) is 0 Å². The molecule has 0 bridgehead atoms. The van der Waals surface area contributed by atoms with Crippen molar-refractivity contribution in [1.82, 2.24) is 0 Å². The maximum Gasteiger partial charge on any atom is 0.0804 e. The Balaban J connectivity index is 3.17. The van der Waals surface area contributed by atoms with Gasteiger partial charge in [-0.15, -0.1) is 0 Å². The summed E-state index contributed by atoms with van der Waals surface area (Å²) in [5.74, 6) is 1.18. The highest BCUT2D eigenvalue weighted by atomic mass is 127. The van der Waals surface area contributed by atoms with Crippen LogP contribution in [0.25, 0.3) is 0 Å². The molecule has 0 saturated carbocycles. The topological polar surface area (TPSA) is 0 Å². The van der Waals surface area contributed by atoms with Gasteiger partial charge in [0, 0.05) is 0 Å². The van der Waals surface area contributed by atoms with Gasteiger partial charge in [-0.25, -0.2) is 0 Å². The maximum absolute atomic E-state index is 2.48. The fraction of sp³-hybridized carbons (Fsp3) is 1.00. The van der Waals surface area contributed by atoms with Gasteiger partial charge in [-0.3, -0.25) is 0 Å². The second kappa shape index (κ2) is 2.63. The Labute approximate surface area is 55.2 Å². The van der Waals surface area contributed by atoms with Crippen LogP contribution in [-0.2, 0) is 0 Å². The molecule has 0 fully saturated rings. The van der Waals surface area contributed by atoms with Crippen LogP contribution in [0.2, 0.25) is 19.6 Å². The smallest absolute Gasteiger partial charge is 0.0688 e. The molecular weight excluding hydrogens is 222 g/mol. The van der Waals surface area contributed by atoms with Gasteiger partial charge in [-0.05, 0) is 0 Å². The van der Waals surface area contributed by atoms with Crippen molar-refractivity contribution >= 4 is 35.6 Å². The Morgan fingerprint density at radius 2 is 1.50 bits per heavy atom. The van der Waals surface area contributed by atoms with E-state index in [9.17, 15) is 0 Å². The van der Waals surface area contributed by atoms with Crippen LogP contribution < -0.4 is 0 Å². The summed E-state index contributed by atoms with van der Waals surface area (Å²) in [5.41, 5.74) is 0. The van der Waals surface area contributed by atoms with Crippen molar-refractivity contribution in [1.29, 1.82) is 0 Å². The van der Waals surface area contributed by atoms with Crippen molar-refractivity contribution in [2.24, 2.45) is 0 Å². The summed E-state index contributed by atoms with van der Waals surface area (Å²) >= 11 is 2.48. The second-order valence-corrected chi connectivity index (χ2v) is 17.0. The second-order valence-electron chi connectivity index (χ2n) is 2.34. The highest BCUT2D eigenvalue weighted by Crippen LogP contribution is 2.33. The molecule has 0 aromatic carbocycles. The van der Waals surface area contributed by atoms with Crippen molar-refractivity contribution < 1.29 is 0 Å². The highest BCUT2D eigenvalue weighted by Gasteiger charge is 2.08. The molecule has 0 aromatic rings. The average molecular weight is 232 g/mol. The van der Waals surface area contributed by atoms with Gasteiger partial charge in [0.1, 0.15) is 0 Å². The van der Waals surface area contributed by atoms with Gasteiger partial charge in [0.25, 0.3) is 0 Å². The molecule has 0 aliphatic carbocycles. The summed E-state index contributed by atoms with van der Waals surface area (Å²) in [5, 5.41) is 0. The van der Waals surface area contributed by atoms with Gasteiger partial charge >= 0.3 is 0 Å². The van der Waals surface area contributed by atoms with Crippen LogP contribution in [0.15, 0.2) is 0 Å². The first-order chi connectivity index (χ1) is 2.56. The zero-order valence-electron chi connectivity index (χ0n) is 4.38. The third kappa shape index (κ3) is 5.38. The van der Waals surface area contributed by atoms with Crippen molar-refractivity contribution in [3.63, 3.8) is 0 Å². The summed E-state index contributed by atoms with van der Waals surface area (Å²) in [7, 11) is -0.617. The Morgan fingerprint density at radius 3 is 1.50 bits per heavy atom. The molecule has 0 heterocycles. The van der Waals surface area contributed by atoms with Gasteiger partial charge in [-0.1, -0.05) is 47.5 Å². The maximum atomic E-state index is 2.48. The van der Waals surface area contributed by atoms with E-state index in [1.165, 1.54) is 5.77 Å². The molecule has 0 aliphatic rings. The molecule has 0 radical (unpaired) electrons. The largest absolute Gasteiger partial charge is 0.0804 e. The third-order valence-corrected chi connectivity index (χ3v) is 17.1. The SMILES string of the molecule is C[Si](C)(C)PI. The number of halogens is 1. The molecule has 0 N–H and O–H groups in total. The number of hydrogen-bond acceptors (Lipinski definition) is 0. The molecule has 0 rings (SSSR count). The van der Waals surface area contributed by atoms with Crippen molar-refractivity contribution in [2.45, 2.75) is 19.6 Å². The minimum absolute atomic E-state index is 0.617. The molecule has 38 valence electrons. The lowest BCUT2D eigenvalue weighted by atomic mass is 11.8. The van der Waals surface area contributed by atoms with Crippen molar-refractivity contribution in [3.05, 3.63) is 0 Å². The van der Waals surface area contributed by atoms with Gasteiger partial charge in [0.15, 0.2) is 0 Å². The molecule has 0 spiro atoms. The molecule has 3 heteroatoms. The first-order valence-corrected chi connectivity index (χ1v) is 10.6. The lowest BCUT2D eigenvalue weighted by molar-refractivity contribution is 1.88. The zero-order chi connectivity index (χ0) is 5.21. The lowest BCUT2D eigenvalue weighted by Gasteiger charge is -2.07. The third-order valence-electron chi connectivity index (χ3n) is 0.283. The number of hydrogen-bond donors (Lipinski definition) is 0. The summed E-state index contributed by atoms with van der Waals surface area (Å²) in [4.78, 5) is 0. The Hall–Kier alpha value is 1.38. The zero-order valence-corrected chi connectivity index (χ0v) is 8.54. The summed E-state index contributed by atoms with van der Waals surface area (Å²) < 4.78 is 0. The predicted octanol–water partition coefficient (Wildman–Crippen LogP) is 2.85. The van der Waals surface area contributed by atoms with E-state index in [4.69, 9.17) is 0 Å². The molecule has 0 aromatic heterocycles. The predicted molar refractivity (Wildman–Crippen MR) is 45.7 cm³/mol. The Bertz CT molecular complexity index is 40.5. The molecule has 0 nitrogen and oxygen atoms in total. The van der Waals surface area contributed by atoms with Crippen LogP contribution >= 0.6 is 27.8 Å². The quantitative estimate of drug-likeness (QED) is 0.370. The van der Waals surface area contributed by atoms with Crippen LogP contribution in [0.5, 0.6) is 0 Å². The van der Waals surface area contributed by atoms with E-state index in [1.54, 1.807) is 0 Å². The van der Waals surface area contributed by atoms with Crippen LogP contribution in [0.4, 0.5) is 0 Å². The standard InChI is InChI=1S/C3H10IPSi/c1-6(2,3)5-4/h5H,1-3H3. The minimum Gasteiger partial charge on any atom is -0.0688 e. The minimum atomic E-state index is -0.617. The van der Waals surface area contributed by atoms with Crippen LogP contribution in [0.3, 0.4) is 0 Å². The van der Waals surface area contributed by atoms with Gasteiger partial charge in [0.2, 0.25) is 0 Å². The van der Waals surface area contributed by atoms with Crippen LogP contribution in [0, 0.1) is 0 Å². The monoisotopic (exact) mass is 232 g/mol. The molecule has 1 unspecified atom stereocenters. The first kappa shape index (κ1) is 7.38. The van der Waals surface area contributed by atoms with E-state index in [-0.39, 0.29) is 0 Å². The van der Waals surface area contributed by atoms with Crippen LogP contribution in [0.1, 0.15) is 0 Å². The normalized spacial score (nSPS) is 14.0. The average Bonchev–Trinajstić information content (AvgIpc) is 1.35. The molecule has 6 heavy (non-hydrogen) atoms. The molecule has 0 amide bonds. The summed E-state index contributed by atoms with van der Waals surface area (Å²) in [6.45, 7) is 7.16.